The summed E-state index contributed by atoms with van der Waals surface area (Å²) in [5.41, 5.74) is 1.59. The van der Waals surface area contributed by atoms with E-state index in [4.69, 9.17) is 16.3 Å². The van der Waals surface area contributed by atoms with Crippen LogP contribution in [0.3, 0.4) is 0 Å². The zero-order chi connectivity index (χ0) is 39.0. The molecule has 4 aromatic carbocycles. The lowest BCUT2D eigenvalue weighted by molar-refractivity contribution is -0.119. The van der Waals surface area contributed by atoms with E-state index in [0.717, 1.165) is 31.1 Å². The molecule has 1 aliphatic rings. The first-order valence-electron chi connectivity index (χ1n) is 16.8. The van der Waals surface area contributed by atoms with Crippen molar-refractivity contribution in [1.82, 2.24) is 4.31 Å². The molecule has 282 valence electrons. The molecule has 1 amide bonds. The van der Waals surface area contributed by atoms with Crippen LogP contribution in [0.5, 0.6) is 5.75 Å². The number of carbonyl (C=O) groups is 2. The zero-order valence-corrected chi connectivity index (χ0v) is 31.3. The third kappa shape index (κ3) is 8.53. The fourth-order valence-corrected chi connectivity index (χ4v) is 7.84. The van der Waals surface area contributed by atoms with Gasteiger partial charge in [-0.15, -0.1) is 0 Å². The number of hydrogen-bond acceptors (Lipinski definition) is 6. The molecule has 0 aliphatic heterocycles. The lowest BCUT2D eigenvalue weighted by Crippen LogP contribution is -2.43. The minimum Gasteiger partial charge on any atom is -0.507 e. The number of nitrogens with zero attached hydrogens (tertiary/aromatic N) is 2. The summed E-state index contributed by atoms with van der Waals surface area (Å²) in [5, 5.41) is 10.8. The summed E-state index contributed by atoms with van der Waals surface area (Å²) in [5.74, 6) is -10.4. The number of methoxy groups -OCH3 is 1. The van der Waals surface area contributed by atoms with Crippen molar-refractivity contribution in [3.63, 3.8) is 0 Å². The third-order valence-electron chi connectivity index (χ3n) is 9.12. The summed E-state index contributed by atoms with van der Waals surface area (Å²) in [6.45, 7) is 5.64. The highest BCUT2D eigenvalue weighted by atomic mass is 35.5. The second-order valence-corrected chi connectivity index (χ2v) is 16.3. The van der Waals surface area contributed by atoms with Crippen LogP contribution in [0.15, 0.2) is 65.6 Å². The molecule has 0 saturated heterocycles. The number of ether oxygens (including phenoxy) is 1. The Bertz CT molecular complexity index is 2170. The molecule has 1 saturated carbocycles. The molecule has 0 aromatic heterocycles. The van der Waals surface area contributed by atoms with Crippen LogP contribution in [0.2, 0.25) is 5.02 Å². The summed E-state index contributed by atoms with van der Waals surface area (Å²) in [6.07, 6.45) is 1.46. The molecule has 0 atom stereocenters. The van der Waals surface area contributed by atoms with Gasteiger partial charge >= 0.3 is 5.97 Å². The standard InChI is InChI=1S/C39H39ClF4N2O6S/c1-6-29-33(41)34(42)35(43)36(44)37(29)53(50,51)45(19-22-7-11-27(40)12-8-22)21-32(48)46(28-13-14-31(47)30(18-28)38(49)52-5)20-23-15-25(24-9-10-24)17-26(16-23)39(2,3)4/h7-8,11-18,24,47H,6,9-10,19-21H2,1-5H3. The van der Waals surface area contributed by atoms with Crippen LogP contribution in [0, 0.1) is 23.3 Å². The molecule has 1 aliphatic carbocycles. The van der Waals surface area contributed by atoms with Crippen molar-refractivity contribution >= 4 is 39.2 Å². The predicted octanol–water partition coefficient (Wildman–Crippen LogP) is 8.55. The fraction of sp³-hybridized carbons (Fsp3) is 0.333. The van der Waals surface area contributed by atoms with E-state index in [1.807, 2.05) is 32.9 Å². The van der Waals surface area contributed by atoms with Crippen LogP contribution in [-0.4, -0.2) is 43.4 Å². The number of sulfonamides is 1. The first-order valence-corrected chi connectivity index (χ1v) is 18.6. The molecule has 0 heterocycles. The Labute approximate surface area is 311 Å². The number of aromatic hydroxyl groups is 1. The minimum atomic E-state index is -5.28. The van der Waals surface area contributed by atoms with Crippen molar-refractivity contribution in [3.8, 4) is 5.75 Å². The topological polar surface area (TPSA) is 104 Å². The van der Waals surface area contributed by atoms with Gasteiger partial charge in [0.05, 0.1) is 20.2 Å². The van der Waals surface area contributed by atoms with Crippen LogP contribution < -0.4 is 4.90 Å². The van der Waals surface area contributed by atoms with Crippen LogP contribution in [0.25, 0.3) is 0 Å². The van der Waals surface area contributed by atoms with Crippen LogP contribution in [-0.2, 0) is 44.5 Å². The van der Waals surface area contributed by atoms with E-state index in [1.165, 1.54) is 54.3 Å². The fourth-order valence-electron chi connectivity index (χ4n) is 5.99. The van der Waals surface area contributed by atoms with Gasteiger partial charge in [-0.3, -0.25) is 4.79 Å². The lowest BCUT2D eigenvalue weighted by atomic mass is 9.84. The van der Waals surface area contributed by atoms with Gasteiger partial charge in [0.2, 0.25) is 15.9 Å². The van der Waals surface area contributed by atoms with Crippen LogP contribution >= 0.6 is 11.6 Å². The van der Waals surface area contributed by atoms with Gasteiger partial charge in [-0.25, -0.2) is 30.8 Å². The summed E-state index contributed by atoms with van der Waals surface area (Å²) in [6, 6.07) is 15.5. The van der Waals surface area contributed by atoms with Gasteiger partial charge < -0.3 is 14.7 Å². The Balaban J connectivity index is 1.66. The van der Waals surface area contributed by atoms with Gasteiger partial charge in [0, 0.05) is 22.8 Å². The first-order chi connectivity index (χ1) is 24.9. The molecular weight excluding hydrogens is 736 g/mol. The molecule has 5 rings (SSSR count). The molecule has 1 fully saturated rings. The Morgan fingerprint density at radius 3 is 2.11 bits per heavy atom. The number of phenols is 1. The van der Waals surface area contributed by atoms with Crippen molar-refractivity contribution in [2.24, 2.45) is 0 Å². The quantitative estimate of drug-likeness (QED) is 0.0670. The second kappa shape index (κ2) is 15.5. The van der Waals surface area contributed by atoms with E-state index in [9.17, 15) is 36.3 Å². The number of benzene rings is 4. The van der Waals surface area contributed by atoms with Gasteiger partial charge in [0.1, 0.15) is 16.2 Å². The van der Waals surface area contributed by atoms with E-state index in [2.05, 4.69) is 6.07 Å². The van der Waals surface area contributed by atoms with Gasteiger partial charge in [0.25, 0.3) is 0 Å². The summed E-state index contributed by atoms with van der Waals surface area (Å²) in [7, 11) is -4.17. The number of anilines is 1. The van der Waals surface area contributed by atoms with Gasteiger partial charge in [-0.2, -0.15) is 4.31 Å². The second-order valence-electron chi connectivity index (χ2n) is 14.0. The van der Waals surface area contributed by atoms with Crippen molar-refractivity contribution < 1.29 is 45.4 Å². The Kier molecular flexibility index (Phi) is 11.6. The normalized spacial score (nSPS) is 13.3. The average molecular weight is 775 g/mol. The Morgan fingerprint density at radius 1 is 0.887 bits per heavy atom. The molecule has 14 heteroatoms. The Morgan fingerprint density at radius 2 is 1.53 bits per heavy atom. The number of halogens is 5. The highest BCUT2D eigenvalue weighted by molar-refractivity contribution is 7.89. The first kappa shape index (κ1) is 39.7. The predicted molar refractivity (Wildman–Crippen MR) is 192 cm³/mol. The van der Waals surface area contributed by atoms with Crippen molar-refractivity contribution in [1.29, 1.82) is 0 Å². The van der Waals surface area contributed by atoms with Crippen molar-refractivity contribution in [2.75, 3.05) is 18.6 Å². The van der Waals surface area contributed by atoms with Crippen LogP contribution in [0.4, 0.5) is 23.2 Å². The van der Waals surface area contributed by atoms with E-state index < -0.39 is 80.9 Å². The molecule has 53 heavy (non-hydrogen) atoms. The van der Waals surface area contributed by atoms with Gasteiger partial charge in [-0.05, 0) is 83.2 Å². The van der Waals surface area contributed by atoms with Crippen LogP contribution in [0.1, 0.15) is 84.6 Å². The maximum Gasteiger partial charge on any atom is 0.341 e. The molecule has 0 spiro atoms. The molecule has 0 radical (unpaired) electrons. The maximum atomic E-state index is 15.5. The SMILES string of the molecule is CCc1c(F)c(F)c(F)c(F)c1S(=O)(=O)N(CC(=O)N(Cc1cc(C2CC2)cc(C(C)(C)C)c1)c1ccc(O)c(C(=O)OC)c1)Cc1ccc(Cl)cc1. The van der Waals surface area contributed by atoms with E-state index >= 15 is 4.39 Å². The summed E-state index contributed by atoms with van der Waals surface area (Å²) < 4.78 is 93.4. The van der Waals surface area contributed by atoms with E-state index in [-0.39, 0.29) is 28.8 Å². The Hall–Kier alpha value is -4.46. The number of hydrogen-bond donors (Lipinski definition) is 1. The highest BCUT2D eigenvalue weighted by Crippen LogP contribution is 2.42. The number of esters is 1. The number of amides is 1. The highest BCUT2D eigenvalue weighted by Gasteiger charge is 2.38. The maximum absolute atomic E-state index is 15.5. The molecule has 0 unspecified atom stereocenters. The molecular formula is C39H39ClF4N2O6S. The summed E-state index contributed by atoms with van der Waals surface area (Å²) >= 11 is 6.03. The smallest absolute Gasteiger partial charge is 0.341 e. The zero-order valence-electron chi connectivity index (χ0n) is 29.8. The minimum absolute atomic E-state index is 0.0745. The van der Waals surface area contributed by atoms with Crippen molar-refractivity contribution in [3.05, 3.63) is 122 Å². The number of rotatable bonds is 12. The van der Waals surface area contributed by atoms with E-state index in [1.54, 1.807) is 0 Å². The molecule has 1 N–H and O–H groups in total. The largest absolute Gasteiger partial charge is 0.507 e. The monoisotopic (exact) mass is 774 g/mol. The van der Waals surface area contributed by atoms with Gasteiger partial charge in [-0.1, -0.05) is 69.6 Å². The average Bonchev–Trinajstić information content (AvgIpc) is 3.97. The molecule has 0 bridgehead atoms. The third-order valence-corrected chi connectivity index (χ3v) is 11.3. The van der Waals surface area contributed by atoms with E-state index in [0.29, 0.717) is 20.8 Å². The molecule has 8 nitrogen and oxygen atoms in total. The van der Waals surface area contributed by atoms with Gasteiger partial charge in [0.15, 0.2) is 23.3 Å². The lowest BCUT2D eigenvalue weighted by Gasteiger charge is -2.29. The summed E-state index contributed by atoms with van der Waals surface area (Å²) in [4.78, 5) is 26.9. The number of carbonyl (C=O) groups excluding carboxylic acids is 2. The number of phenolic OH excluding ortho intramolecular Hbond substituents is 1. The van der Waals surface area contributed by atoms with Crippen molar-refractivity contribution in [2.45, 2.75) is 76.3 Å². The molecule has 4 aromatic rings.